The molecule has 0 unspecified atom stereocenters. The Kier molecular flexibility index (Phi) is 10.6. The van der Waals surface area contributed by atoms with E-state index in [0.29, 0.717) is 0 Å². The van der Waals surface area contributed by atoms with Crippen molar-refractivity contribution in [2.45, 2.75) is 6.42 Å². The first-order valence-electron chi connectivity index (χ1n) is 5.55. The van der Waals surface area contributed by atoms with Gasteiger partial charge in [0, 0.05) is 31.0 Å². The number of anilines is 2. The van der Waals surface area contributed by atoms with Crippen LogP contribution < -0.4 is 10.6 Å². The van der Waals surface area contributed by atoms with Crippen molar-refractivity contribution in [1.82, 2.24) is 4.90 Å². The minimum atomic E-state index is 0. The fraction of sp³-hybridized carbons (Fsp3) is 0.500. The Morgan fingerprint density at radius 1 is 0.889 bits per heavy atom. The van der Waals surface area contributed by atoms with Crippen LogP contribution in [0.5, 0.6) is 0 Å². The van der Waals surface area contributed by atoms with Crippen molar-refractivity contribution in [2.75, 3.05) is 43.9 Å². The predicted octanol–water partition coefficient (Wildman–Crippen LogP) is 2.68. The van der Waals surface area contributed by atoms with E-state index in [-0.39, 0.29) is 37.2 Å². The molecule has 1 aromatic rings. The van der Waals surface area contributed by atoms with Gasteiger partial charge in [-0.25, -0.2) is 0 Å². The zero-order chi connectivity index (χ0) is 10.7. The first-order chi connectivity index (χ1) is 7.25. The van der Waals surface area contributed by atoms with E-state index in [4.69, 9.17) is 5.73 Å². The third-order valence-electron chi connectivity index (χ3n) is 2.98. The minimum absolute atomic E-state index is 0. The highest BCUT2D eigenvalue weighted by Gasteiger charge is 2.11. The molecule has 1 aliphatic heterocycles. The second-order valence-corrected chi connectivity index (χ2v) is 4.24. The lowest BCUT2D eigenvalue weighted by atomic mass is 10.2. The number of hydrogen-bond acceptors (Lipinski definition) is 3. The molecule has 0 amide bonds. The summed E-state index contributed by atoms with van der Waals surface area (Å²) < 4.78 is 0. The largest absolute Gasteiger partial charge is 0.399 e. The standard InChI is InChI=1S/C12H19N3.3ClH/c1-14-7-2-8-15(10-9-14)12-5-3-11(13)4-6-12;;;/h3-6H,2,7-10,13H2,1H3;3*1H. The van der Waals surface area contributed by atoms with Gasteiger partial charge < -0.3 is 15.5 Å². The molecule has 106 valence electrons. The van der Waals surface area contributed by atoms with Gasteiger partial charge in [-0.1, -0.05) is 0 Å². The smallest absolute Gasteiger partial charge is 0.0368 e. The van der Waals surface area contributed by atoms with Crippen molar-refractivity contribution >= 4 is 48.6 Å². The van der Waals surface area contributed by atoms with Crippen molar-refractivity contribution in [3.05, 3.63) is 24.3 Å². The topological polar surface area (TPSA) is 32.5 Å². The van der Waals surface area contributed by atoms with E-state index in [1.165, 1.54) is 18.7 Å². The Bertz CT molecular complexity index is 319. The average Bonchev–Trinajstić information content (AvgIpc) is 2.44. The van der Waals surface area contributed by atoms with Gasteiger partial charge in [0.25, 0.3) is 0 Å². The second kappa shape index (κ2) is 9.56. The molecule has 3 nitrogen and oxygen atoms in total. The molecule has 0 radical (unpaired) electrons. The van der Waals surface area contributed by atoms with Crippen LogP contribution in [0.3, 0.4) is 0 Å². The summed E-state index contributed by atoms with van der Waals surface area (Å²) in [6, 6.07) is 8.18. The van der Waals surface area contributed by atoms with E-state index in [2.05, 4.69) is 29.0 Å². The number of hydrogen-bond donors (Lipinski definition) is 1. The lowest BCUT2D eigenvalue weighted by Crippen LogP contribution is -2.28. The van der Waals surface area contributed by atoms with E-state index >= 15 is 0 Å². The number of rotatable bonds is 1. The summed E-state index contributed by atoms with van der Waals surface area (Å²) in [6.07, 6.45) is 1.24. The van der Waals surface area contributed by atoms with Crippen LogP contribution in [0.25, 0.3) is 0 Å². The highest BCUT2D eigenvalue weighted by atomic mass is 35.5. The first-order valence-corrected chi connectivity index (χ1v) is 5.55. The summed E-state index contributed by atoms with van der Waals surface area (Å²) in [5, 5.41) is 0. The molecular weight excluding hydrogens is 293 g/mol. The molecule has 1 saturated heterocycles. The molecule has 1 fully saturated rings. The normalized spacial score (nSPS) is 15.7. The average molecular weight is 315 g/mol. The van der Waals surface area contributed by atoms with Crippen LogP contribution in [0.1, 0.15) is 6.42 Å². The molecule has 0 bridgehead atoms. The summed E-state index contributed by atoms with van der Waals surface area (Å²) in [5.74, 6) is 0. The SMILES string of the molecule is CN1CCCN(c2ccc(N)cc2)CC1.Cl.Cl.Cl. The molecule has 0 atom stereocenters. The van der Waals surface area contributed by atoms with E-state index in [9.17, 15) is 0 Å². The zero-order valence-corrected chi connectivity index (χ0v) is 13.0. The maximum atomic E-state index is 5.68. The molecule has 18 heavy (non-hydrogen) atoms. The summed E-state index contributed by atoms with van der Waals surface area (Å²) in [4.78, 5) is 4.82. The number of likely N-dealkylation sites (N-methyl/N-ethyl adjacent to an activating group) is 1. The first kappa shape index (κ1) is 20.0. The Morgan fingerprint density at radius 2 is 1.50 bits per heavy atom. The van der Waals surface area contributed by atoms with Crippen LogP contribution in [0, 0.1) is 0 Å². The maximum absolute atomic E-state index is 5.68. The molecule has 1 aliphatic rings. The van der Waals surface area contributed by atoms with Crippen LogP contribution >= 0.6 is 37.2 Å². The van der Waals surface area contributed by atoms with Gasteiger partial charge in [0.2, 0.25) is 0 Å². The highest BCUT2D eigenvalue weighted by molar-refractivity contribution is 5.86. The van der Waals surface area contributed by atoms with Crippen molar-refractivity contribution in [3.8, 4) is 0 Å². The molecule has 2 N–H and O–H groups in total. The zero-order valence-electron chi connectivity index (χ0n) is 10.5. The quantitative estimate of drug-likeness (QED) is 0.809. The van der Waals surface area contributed by atoms with E-state index in [0.717, 1.165) is 25.3 Å². The van der Waals surface area contributed by atoms with E-state index in [1.54, 1.807) is 0 Å². The van der Waals surface area contributed by atoms with Crippen molar-refractivity contribution in [1.29, 1.82) is 0 Å². The highest BCUT2D eigenvalue weighted by Crippen LogP contribution is 2.17. The third-order valence-corrected chi connectivity index (χ3v) is 2.98. The van der Waals surface area contributed by atoms with Gasteiger partial charge in [0.15, 0.2) is 0 Å². The van der Waals surface area contributed by atoms with Crippen molar-refractivity contribution in [2.24, 2.45) is 0 Å². The van der Waals surface area contributed by atoms with Crippen LogP contribution in [0.4, 0.5) is 11.4 Å². The summed E-state index contributed by atoms with van der Waals surface area (Å²) in [7, 11) is 2.19. The number of nitrogens with two attached hydrogens (primary N) is 1. The van der Waals surface area contributed by atoms with E-state index in [1.807, 2.05) is 12.1 Å². The van der Waals surface area contributed by atoms with Crippen LogP contribution in [-0.2, 0) is 0 Å². The molecule has 6 heteroatoms. The van der Waals surface area contributed by atoms with Gasteiger partial charge in [-0.15, -0.1) is 37.2 Å². The van der Waals surface area contributed by atoms with Crippen molar-refractivity contribution in [3.63, 3.8) is 0 Å². The Hall–Kier alpha value is -0.350. The van der Waals surface area contributed by atoms with Crippen molar-refractivity contribution < 1.29 is 0 Å². The second-order valence-electron chi connectivity index (χ2n) is 4.24. The maximum Gasteiger partial charge on any atom is 0.0368 e. The number of benzene rings is 1. The number of halogens is 3. The van der Waals surface area contributed by atoms with E-state index < -0.39 is 0 Å². The van der Waals surface area contributed by atoms with Crippen LogP contribution in [0.2, 0.25) is 0 Å². The molecule has 0 spiro atoms. The molecule has 1 aromatic carbocycles. The fourth-order valence-corrected chi connectivity index (χ4v) is 1.99. The van der Waals surface area contributed by atoms with Gasteiger partial charge >= 0.3 is 0 Å². The van der Waals surface area contributed by atoms with Crippen LogP contribution in [-0.4, -0.2) is 38.1 Å². The molecule has 1 heterocycles. The fourth-order valence-electron chi connectivity index (χ4n) is 1.99. The van der Waals surface area contributed by atoms with Crippen LogP contribution in [0.15, 0.2) is 24.3 Å². The Morgan fingerprint density at radius 3 is 2.11 bits per heavy atom. The number of nitrogens with zero attached hydrogens (tertiary/aromatic N) is 2. The minimum Gasteiger partial charge on any atom is -0.399 e. The van der Waals surface area contributed by atoms with Gasteiger partial charge in [-0.3, -0.25) is 0 Å². The number of nitrogen functional groups attached to an aromatic ring is 1. The lowest BCUT2D eigenvalue weighted by molar-refractivity contribution is 0.360. The van der Waals surface area contributed by atoms with Gasteiger partial charge in [-0.05, 0) is 44.3 Å². The molecule has 2 rings (SSSR count). The summed E-state index contributed by atoms with van der Waals surface area (Å²) >= 11 is 0. The van der Waals surface area contributed by atoms with Gasteiger partial charge in [0.1, 0.15) is 0 Å². The Labute approximate surface area is 128 Å². The molecular formula is C12H22Cl3N3. The van der Waals surface area contributed by atoms with Gasteiger partial charge in [0.05, 0.1) is 0 Å². The molecule has 0 saturated carbocycles. The van der Waals surface area contributed by atoms with Gasteiger partial charge in [-0.2, -0.15) is 0 Å². The molecule has 0 aromatic heterocycles. The Balaban J connectivity index is 0. The predicted molar refractivity (Wildman–Crippen MR) is 86.9 cm³/mol. The monoisotopic (exact) mass is 313 g/mol. The third kappa shape index (κ3) is 5.53. The summed E-state index contributed by atoms with van der Waals surface area (Å²) in [6.45, 7) is 4.60. The summed E-state index contributed by atoms with van der Waals surface area (Å²) in [5.41, 5.74) is 7.81. The molecule has 0 aliphatic carbocycles. The lowest BCUT2D eigenvalue weighted by Gasteiger charge is -2.22.